The number of halogens is 1. The fourth-order valence-corrected chi connectivity index (χ4v) is 2.72. The Labute approximate surface area is 114 Å². The van der Waals surface area contributed by atoms with Crippen molar-refractivity contribution in [2.45, 2.75) is 39.3 Å². The Morgan fingerprint density at radius 1 is 1.37 bits per heavy atom. The van der Waals surface area contributed by atoms with Crippen LogP contribution in [0.4, 0.5) is 4.39 Å². The van der Waals surface area contributed by atoms with Crippen molar-refractivity contribution in [1.29, 1.82) is 0 Å². The lowest BCUT2D eigenvalue weighted by Crippen LogP contribution is -2.42. The SMILES string of the molecule is CC1CCCN(Cc2ccc(B(O)O)cc2F)C1C. The smallest absolute Gasteiger partial charge is 0.423 e. The van der Waals surface area contributed by atoms with Gasteiger partial charge in [0.25, 0.3) is 0 Å². The zero-order chi connectivity index (χ0) is 14.0. The standard InChI is InChI=1S/C14H21BFNO2/c1-10-4-3-7-17(11(10)2)9-12-5-6-13(15(18)19)8-14(12)16/h5-6,8,10-11,18-19H,3-4,7,9H2,1-2H3. The molecule has 0 radical (unpaired) electrons. The van der Waals surface area contributed by atoms with Crippen LogP contribution in [0, 0.1) is 11.7 Å². The van der Waals surface area contributed by atoms with Gasteiger partial charge < -0.3 is 10.0 Å². The van der Waals surface area contributed by atoms with E-state index in [1.807, 2.05) is 0 Å². The molecule has 1 saturated heterocycles. The molecule has 1 aromatic rings. The Morgan fingerprint density at radius 3 is 2.74 bits per heavy atom. The van der Waals surface area contributed by atoms with E-state index in [1.165, 1.54) is 12.5 Å². The molecule has 0 bridgehead atoms. The Morgan fingerprint density at radius 2 is 2.11 bits per heavy atom. The van der Waals surface area contributed by atoms with Gasteiger partial charge in [-0.25, -0.2) is 4.39 Å². The first kappa shape index (κ1) is 14.5. The van der Waals surface area contributed by atoms with Gasteiger partial charge in [-0.2, -0.15) is 0 Å². The summed E-state index contributed by atoms with van der Waals surface area (Å²) in [5.41, 5.74) is 0.812. The zero-order valence-corrected chi connectivity index (χ0v) is 11.5. The molecule has 1 aliphatic heterocycles. The molecule has 0 spiro atoms. The van der Waals surface area contributed by atoms with Crippen LogP contribution in [-0.4, -0.2) is 34.7 Å². The minimum atomic E-state index is -1.61. The summed E-state index contributed by atoms with van der Waals surface area (Å²) >= 11 is 0. The van der Waals surface area contributed by atoms with Gasteiger partial charge in [0.15, 0.2) is 0 Å². The van der Waals surface area contributed by atoms with Crippen molar-refractivity contribution < 1.29 is 14.4 Å². The van der Waals surface area contributed by atoms with Crippen molar-refractivity contribution in [1.82, 2.24) is 4.90 Å². The third kappa shape index (κ3) is 3.35. The monoisotopic (exact) mass is 265 g/mol. The van der Waals surface area contributed by atoms with Crippen molar-refractivity contribution in [3.63, 3.8) is 0 Å². The second kappa shape index (κ2) is 6.03. The highest BCUT2D eigenvalue weighted by atomic mass is 19.1. The maximum absolute atomic E-state index is 13.9. The number of nitrogens with zero attached hydrogens (tertiary/aromatic N) is 1. The van der Waals surface area contributed by atoms with Gasteiger partial charge in [0.1, 0.15) is 5.82 Å². The van der Waals surface area contributed by atoms with E-state index in [-0.39, 0.29) is 11.3 Å². The van der Waals surface area contributed by atoms with Crippen molar-refractivity contribution in [3.8, 4) is 0 Å². The Kier molecular flexibility index (Phi) is 4.60. The summed E-state index contributed by atoms with van der Waals surface area (Å²) in [6.45, 7) is 6.00. The van der Waals surface area contributed by atoms with Crippen molar-refractivity contribution in [2.75, 3.05) is 6.54 Å². The van der Waals surface area contributed by atoms with Crippen LogP contribution in [0.25, 0.3) is 0 Å². The molecule has 1 aromatic carbocycles. The maximum atomic E-state index is 13.9. The van der Waals surface area contributed by atoms with E-state index in [1.54, 1.807) is 12.1 Å². The molecule has 2 unspecified atom stereocenters. The molecule has 3 nitrogen and oxygen atoms in total. The molecule has 2 N–H and O–H groups in total. The van der Waals surface area contributed by atoms with Gasteiger partial charge >= 0.3 is 7.12 Å². The van der Waals surface area contributed by atoms with Crippen LogP contribution in [0.5, 0.6) is 0 Å². The van der Waals surface area contributed by atoms with Crippen LogP contribution >= 0.6 is 0 Å². The second-order valence-corrected chi connectivity index (χ2v) is 5.56. The van der Waals surface area contributed by atoms with E-state index in [9.17, 15) is 4.39 Å². The van der Waals surface area contributed by atoms with Gasteiger partial charge in [-0.15, -0.1) is 0 Å². The molecule has 104 valence electrons. The first-order valence-electron chi connectivity index (χ1n) is 6.87. The number of rotatable bonds is 3. The van der Waals surface area contributed by atoms with Crippen LogP contribution in [0.2, 0.25) is 0 Å². The molecule has 2 atom stereocenters. The first-order valence-corrected chi connectivity index (χ1v) is 6.87. The number of hydrogen-bond acceptors (Lipinski definition) is 3. The molecule has 1 aliphatic rings. The minimum absolute atomic E-state index is 0.196. The van der Waals surface area contributed by atoms with Crippen LogP contribution in [0.1, 0.15) is 32.3 Å². The summed E-state index contributed by atoms with van der Waals surface area (Å²) in [5, 5.41) is 18.0. The molecule has 2 rings (SSSR count). The molecule has 19 heavy (non-hydrogen) atoms. The van der Waals surface area contributed by atoms with Crippen molar-refractivity contribution in [3.05, 3.63) is 29.6 Å². The predicted molar refractivity (Wildman–Crippen MR) is 74.5 cm³/mol. The normalized spacial score (nSPS) is 24.5. The Balaban J connectivity index is 2.10. The zero-order valence-electron chi connectivity index (χ0n) is 11.5. The number of piperidine rings is 1. The Hall–Kier alpha value is -0.905. The van der Waals surface area contributed by atoms with E-state index in [2.05, 4.69) is 18.7 Å². The van der Waals surface area contributed by atoms with E-state index >= 15 is 0 Å². The number of benzene rings is 1. The molecular formula is C14H21BFNO2. The second-order valence-electron chi connectivity index (χ2n) is 5.56. The highest BCUT2D eigenvalue weighted by Gasteiger charge is 2.25. The van der Waals surface area contributed by atoms with E-state index < -0.39 is 7.12 Å². The molecule has 0 aliphatic carbocycles. The topological polar surface area (TPSA) is 43.7 Å². The van der Waals surface area contributed by atoms with Gasteiger partial charge in [-0.3, -0.25) is 4.90 Å². The lowest BCUT2D eigenvalue weighted by Gasteiger charge is -2.38. The summed E-state index contributed by atoms with van der Waals surface area (Å²) in [4.78, 5) is 2.29. The highest BCUT2D eigenvalue weighted by Crippen LogP contribution is 2.24. The molecule has 5 heteroatoms. The average Bonchev–Trinajstić information content (AvgIpc) is 2.37. The number of likely N-dealkylation sites (tertiary alicyclic amines) is 1. The molecule has 1 fully saturated rings. The van der Waals surface area contributed by atoms with E-state index in [0.717, 1.165) is 13.0 Å². The van der Waals surface area contributed by atoms with Crippen LogP contribution in [0.3, 0.4) is 0 Å². The van der Waals surface area contributed by atoms with Crippen LogP contribution in [0.15, 0.2) is 18.2 Å². The highest BCUT2D eigenvalue weighted by molar-refractivity contribution is 6.58. The maximum Gasteiger partial charge on any atom is 0.488 e. The fraction of sp³-hybridized carbons (Fsp3) is 0.571. The third-order valence-corrected chi connectivity index (χ3v) is 4.25. The van der Waals surface area contributed by atoms with Crippen LogP contribution < -0.4 is 5.46 Å². The fourth-order valence-electron chi connectivity index (χ4n) is 2.72. The van der Waals surface area contributed by atoms with Gasteiger partial charge in [0.05, 0.1) is 0 Å². The van der Waals surface area contributed by atoms with Gasteiger partial charge in [0, 0.05) is 18.2 Å². The minimum Gasteiger partial charge on any atom is -0.423 e. The van der Waals surface area contributed by atoms with Crippen molar-refractivity contribution in [2.24, 2.45) is 5.92 Å². The first-order chi connectivity index (χ1) is 8.99. The van der Waals surface area contributed by atoms with Crippen molar-refractivity contribution >= 4 is 12.6 Å². The summed E-state index contributed by atoms with van der Waals surface area (Å²) in [5.74, 6) is 0.270. The lowest BCUT2D eigenvalue weighted by atomic mass is 9.80. The van der Waals surface area contributed by atoms with Crippen LogP contribution in [-0.2, 0) is 6.54 Å². The van der Waals surface area contributed by atoms with Gasteiger partial charge in [-0.1, -0.05) is 19.1 Å². The summed E-state index contributed by atoms with van der Waals surface area (Å²) in [6.07, 6.45) is 2.39. The Bertz CT molecular complexity index is 441. The molecule has 0 saturated carbocycles. The predicted octanol–water partition coefficient (Wildman–Crippen LogP) is 1.13. The number of hydrogen-bond donors (Lipinski definition) is 2. The quantitative estimate of drug-likeness (QED) is 0.805. The summed E-state index contributed by atoms with van der Waals surface area (Å²) in [7, 11) is -1.61. The molecule has 1 heterocycles. The lowest BCUT2D eigenvalue weighted by molar-refractivity contribution is 0.105. The largest absolute Gasteiger partial charge is 0.488 e. The van der Waals surface area contributed by atoms with E-state index in [4.69, 9.17) is 10.0 Å². The molecule has 0 aromatic heterocycles. The summed E-state index contributed by atoms with van der Waals surface area (Å²) in [6, 6.07) is 4.88. The van der Waals surface area contributed by atoms with Gasteiger partial charge in [-0.05, 0) is 43.8 Å². The molecular weight excluding hydrogens is 244 g/mol. The average molecular weight is 265 g/mol. The van der Waals surface area contributed by atoms with E-state index in [0.29, 0.717) is 24.1 Å². The third-order valence-electron chi connectivity index (χ3n) is 4.25. The summed E-state index contributed by atoms with van der Waals surface area (Å²) < 4.78 is 13.9. The van der Waals surface area contributed by atoms with Gasteiger partial charge in [0.2, 0.25) is 0 Å². The molecule has 0 amide bonds.